The summed E-state index contributed by atoms with van der Waals surface area (Å²) in [6, 6.07) is 17.2. The number of fused-ring (bicyclic) bond motifs is 1. The summed E-state index contributed by atoms with van der Waals surface area (Å²) >= 11 is 0. The van der Waals surface area contributed by atoms with E-state index < -0.39 is 0 Å². The molecule has 4 aromatic rings. The van der Waals surface area contributed by atoms with Crippen LogP contribution in [0.2, 0.25) is 0 Å². The predicted molar refractivity (Wildman–Crippen MR) is 106 cm³/mol. The van der Waals surface area contributed by atoms with Crippen LogP contribution in [-0.4, -0.2) is 15.0 Å². The molecule has 1 aromatic carbocycles. The van der Waals surface area contributed by atoms with Crippen LogP contribution < -0.4 is 0 Å². The highest BCUT2D eigenvalue weighted by Crippen LogP contribution is 2.19. The molecule has 3 heterocycles. The minimum absolute atomic E-state index is 0.873. The number of aromatic amines is 1. The molecule has 3 aromatic heterocycles. The molecule has 0 aliphatic carbocycles. The summed E-state index contributed by atoms with van der Waals surface area (Å²) in [5.41, 5.74) is 7.47. The first-order valence-electron chi connectivity index (χ1n) is 9.25. The van der Waals surface area contributed by atoms with Crippen molar-refractivity contribution in [1.29, 1.82) is 0 Å². The quantitative estimate of drug-likeness (QED) is 0.542. The Labute approximate surface area is 154 Å². The van der Waals surface area contributed by atoms with E-state index in [1.54, 1.807) is 0 Å². The molecule has 0 spiro atoms. The zero-order valence-electron chi connectivity index (χ0n) is 15.1. The van der Waals surface area contributed by atoms with E-state index in [4.69, 9.17) is 0 Å². The summed E-state index contributed by atoms with van der Waals surface area (Å²) in [6.45, 7) is 2.21. The lowest BCUT2D eigenvalue weighted by molar-refractivity contribution is 0.891. The normalized spacial score (nSPS) is 11.1. The Balaban J connectivity index is 1.43. The van der Waals surface area contributed by atoms with E-state index in [0.29, 0.717) is 0 Å². The van der Waals surface area contributed by atoms with Gasteiger partial charge in [-0.1, -0.05) is 37.3 Å². The van der Waals surface area contributed by atoms with Gasteiger partial charge in [-0.25, -0.2) is 4.98 Å². The Morgan fingerprint density at radius 1 is 0.846 bits per heavy atom. The highest BCUT2D eigenvalue weighted by Gasteiger charge is 2.06. The minimum atomic E-state index is 0.873. The first-order chi connectivity index (χ1) is 12.8. The first-order valence-corrected chi connectivity index (χ1v) is 9.25. The molecule has 3 nitrogen and oxygen atoms in total. The van der Waals surface area contributed by atoms with Gasteiger partial charge in [0.1, 0.15) is 5.65 Å². The maximum atomic E-state index is 4.68. The van der Waals surface area contributed by atoms with Crippen molar-refractivity contribution >= 4 is 11.0 Å². The number of aromatic nitrogens is 3. The summed E-state index contributed by atoms with van der Waals surface area (Å²) < 4.78 is 0. The second-order valence-corrected chi connectivity index (χ2v) is 6.67. The molecule has 130 valence electrons. The standard InChI is InChI=1S/C23H23N3/c1-2-18-6-3-4-7-19(18)10-12-21-11-9-17(15-25-21)14-20-16-26-23-22(20)8-5-13-24-23/h3-9,11,13,15-16H,2,10,12,14H2,1H3,(H,24,26). The third-order valence-corrected chi connectivity index (χ3v) is 4.97. The maximum absolute atomic E-state index is 4.68. The van der Waals surface area contributed by atoms with E-state index in [2.05, 4.69) is 64.3 Å². The average Bonchev–Trinajstić information content (AvgIpc) is 3.11. The predicted octanol–water partition coefficient (Wildman–Crippen LogP) is 4.90. The molecule has 0 radical (unpaired) electrons. The number of aryl methyl sites for hydroxylation is 3. The number of pyridine rings is 2. The average molecular weight is 341 g/mol. The molecule has 3 heteroatoms. The van der Waals surface area contributed by atoms with Crippen LogP contribution in [0.4, 0.5) is 0 Å². The van der Waals surface area contributed by atoms with Crippen molar-refractivity contribution < 1.29 is 0 Å². The summed E-state index contributed by atoms with van der Waals surface area (Å²) in [7, 11) is 0. The van der Waals surface area contributed by atoms with Gasteiger partial charge >= 0.3 is 0 Å². The smallest absolute Gasteiger partial charge is 0.137 e. The van der Waals surface area contributed by atoms with Crippen LogP contribution in [0.5, 0.6) is 0 Å². The van der Waals surface area contributed by atoms with Crippen molar-refractivity contribution in [3.05, 3.63) is 95.1 Å². The minimum Gasteiger partial charge on any atom is -0.346 e. The maximum Gasteiger partial charge on any atom is 0.137 e. The van der Waals surface area contributed by atoms with Gasteiger partial charge in [0.25, 0.3) is 0 Å². The van der Waals surface area contributed by atoms with E-state index in [1.165, 1.54) is 27.6 Å². The number of nitrogens with one attached hydrogen (secondary N) is 1. The number of benzene rings is 1. The molecule has 0 amide bonds. The fourth-order valence-corrected chi connectivity index (χ4v) is 3.50. The molecule has 0 saturated heterocycles. The van der Waals surface area contributed by atoms with E-state index in [-0.39, 0.29) is 0 Å². The van der Waals surface area contributed by atoms with Gasteiger partial charge in [0, 0.05) is 36.1 Å². The molecule has 4 rings (SSSR count). The van der Waals surface area contributed by atoms with Gasteiger partial charge in [0.15, 0.2) is 0 Å². The SMILES string of the molecule is CCc1ccccc1CCc1ccc(Cc2c[nH]c3ncccc23)cn1. The van der Waals surface area contributed by atoms with Crippen molar-refractivity contribution in [1.82, 2.24) is 15.0 Å². The lowest BCUT2D eigenvalue weighted by Crippen LogP contribution is -1.98. The Morgan fingerprint density at radius 3 is 2.54 bits per heavy atom. The Kier molecular flexibility index (Phi) is 4.78. The van der Waals surface area contributed by atoms with E-state index in [9.17, 15) is 0 Å². The Bertz CT molecular complexity index is 999. The molecular formula is C23H23N3. The molecular weight excluding hydrogens is 318 g/mol. The second kappa shape index (κ2) is 7.52. The number of hydrogen-bond donors (Lipinski definition) is 1. The molecule has 0 atom stereocenters. The molecule has 0 saturated carbocycles. The molecule has 26 heavy (non-hydrogen) atoms. The monoisotopic (exact) mass is 341 g/mol. The van der Waals surface area contributed by atoms with Crippen LogP contribution in [0.1, 0.15) is 34.9 Å². The van der Waals surface area contributed by atoms with Gasteiger partial charge in [-0.05, 0) is 59.7 Å². The summed E-state index contributed by atoms with van der Waals surface area (Å²) in [5, 5.41) is 1.19. The van der Waals surface area contributed by atoms with E-state index in [1.807, 2.05) is 24.7 Å². The van der Waals surface area contributed by atoms with Crippen molar-refractivity contribution in [2.45, 2.75) is 32.6 Å². The summed E-state index contributed by atoms with van der Waals surface area (Å²) in [6.07, 6.45) is 9.86. The van der Waals surface area contributed by atoms with Crippen LogP contribution in [0.3, 0.4) is 0 Å². The molecule has 0 bridgehead atoms. The molecule has 0 unspecified atom stereocenters. The van der Waals surface area contributed by atoms with Gasteiger partial charge in [-0.15, -0.1) is 0 Å². The molecule has 0 aliphatic rings. The number of H-pyrrole nitrogens is 1. The van der Waals surface area contributed by atoms with E-state index >= 15 is 0 Å². The van der Waals surface area contributed by atoms with Gasteiger partial charge in [0.05, 0.1) is 0 Å². The van der Waals surface area contributed by atoms with Gasteiger partial charge in [0.2, 0.25) is 0 Å². The van der Waals surface area contributed by atoms with Crippen LogP contribution in [-0.2, 0) is 25.7 Å². The molecule has 0 fully saturated rings. The highest BCUT2D eigenvalue weighted by atomic mass is 14.8. The van der Waals surface area contributed by atoms with Gasteiger partial charge in [-0.3, -0.25) is 4.98 Å². The van der Waals surface area contributed by atoms with Crippen LogP contribution in [0.15, 0.2) is 67.1 Å². The van der Waals surface area contributed by atoms with Gasteiger partial charge < -0.3 is 4.98 Å². The van der Waals surface area contributed by atoms with Crippen molar-refractivity contribution in [3.8, 4) is 0 Å². The lowest BCUT2D eigenvalue weighted by Gasteiger charge is -2.08. The first kappa shape index (κ1) is 16.5. The number of hydrogen-bond acceptors (Lipinski definition) is 2. The summed E-state index contributed by atoms with van der Waals surface area (Å²) in [5.74, 6) is 0. The summed E-state index contributed by atoms with van der Waals surface area (Å²) in [4.78, 5) is 12.3. The number of rotatable bonds is 6. The van der Waals surface area contributed by atoms with Crippen LogP contribution in [0.25, 0.3) is 11.0 Å². The van der Waals surface area contributed by atoms with Crippen molar-refractivity contribution in [3.63, 3.8) is 0 Å². The third kappa shape index (κ3) is 3.52. The Morgan fingerprint density at radius 2 is 1.73 bits per heavy atom. The van der Waals surface area contributed by atoms with Gasteiger partial charge in [-0.2, -0.15) is 0 Å². The third-order valence-electron chi connectivity index (χ3n) is 4.97. The second-order valence-electron chi connectivity index (χ2n) is 6.67. The van der Waals surface area contributed by atoms with Crippen molar-refractivity contribution in [2.75, 3.05) is 0 Å². The van der Waals surface area contributed by atoms with Crippen LogP contribution >= 0.6 is 0 Å². The molecule has 1 N–H and O–H groups in total. The number of nitrogens with zero attached hydrogens (tertiary/aromatic N) is 2. The fraction of sp³-hybridized carbons (Fsp3) is 0.217. The van der Waals surface area contributed by atoms with E-state index in [0.717, 1.165) is 37.0 Å². The lowest BCUT2D eigenvalue weighted by atomic mass is 10.00. The fourth-order valence-electron chi connectivity index (χ4n) is 3.50. The molecule has 0 aliphatic heterocycles. The largest absolute Gasteiger partial charge is 0.346 e. The van der Waals surface area contributed by atoms with Crippen molar-refractivity contribution in [2.24, 2.45) is 0 Å². The topological polar surface area (TPSA) is 41.6 Å². The highest BCUT2D eigenvalue weighted by molar-refractivity contribution is 5.79. The zero-order valence-corrected chi connectivity index (χ0v) is 15.1. The Hall–Kier alpha value is -2.94. The van der Waals surface area contributed by atoms with Crippen LogP contribution in [0, 0.1) is 0 Å². The zero-order chi connectivity index (χ0) is 17.8.